The van der Waals surface area contributed by atoms with E-state index in [-0.39, 0.29) is 5.91 Å². The summed E-state index contributed by atoms with van der Waals surface area (Å²) in [4.78, 5) is 15.4. The summed E-state index contributed by atoms with van der Waals surface area (Å²) >= 11 is 12.4. The summed E-state index contributed by atoms with van der Waals surface area (Å²) in [6, 6.07) is 8.65. The van der Waals surface area contributed by atoms with E-state index >= 15 is 0 Å². The number of halogens is 2. The Morgan fingerprint density at radius 3 is 2.58 bits per heavy atom. The monoisotopic (exact) mass is 391 g/mol. The summed E-state index contributed by atoms with van der Waals surface area (Å²) in [5.74, 6) is 0.789. The standard InChI is InChI=1S/C19H19Cl2N3O2/c1-3-6-23-19(25)17-10(2)13-9-12(4-5-16(13)24-17)26-18-14(20)7-11(22)8-15(18)21/h4-5,7-9,24H,3,6,22H2,1-2H3,(H,23,25). The van der Waals surface area contributed by atoms with Gasteiger partial charge in [-0.05, 0) is 49.2 Å². The van der Waals surface area contributed by atoms with Crippen LogP contribution in [0.15, 0.2) is 30.3 Å². The molecule has 5 nitrogen and oxygen atoms in total. The van der Waals surface area contributed by atoms with Gasteiger partial charge in [-0.25, -0.2) is 0 Å². The molecule has 1 amide bonds. The number of amides is 1. The van der Waals surface area contributed by atoms with Crippen molar-refractivity contribution in [3.63, 3.8) is 0 Å². The summed E-state index contributed by atoms with van der Waals surface area (Å²) < 4.78 is 5.86. The van der Waals surface area contributed by atoms with Crippen LogP contribution in [0.1, 0.15) is 29.4 Å². The van der Waals surface area contributed by atoms with E-state index < -0.39 is 0 Å². The van der Waals surface area contributed by atoms with Crippen LogP contribution in [-0.4, -0.2) is 17.4 Å². The van der Waals surface area contributed by atoms with Crippen LogP contribution >= 0.6 is 23.2 Å². The van der Waals surface area contributed by atoms with Gasteiger partial charge in [0.1, 0.15) is 11.4 Å². The Morgan fingerprint density at radius 1 is 1.23 bits per heavy atom. The minimum atomic E-state index is -0.118. The van der Waals surface area contributed by atoms with Crippen LogP contribution in [0.2, 0.25) is 10.0 Å². The lowest BCUT2D eigenvalue weighted by atomic mass is 10.1. The van der Waals surface area contributed by atoms with Crippen LogP contribution in [0, 0.1) is 6.92 Å². The van der Waals surface area contributed by atoms with Gasteiger partial charge in [0.2, 0.25) is 0 Å². The lowest BCUT2D eigenvalue weighted by molar-refractivity contribution is 0.0949. The van der Waals surface area contributed by atoms with E-state index in [0.717, 1.165) is 22.9 Å². The van der Waals surface area contributed by atoms with Crippen LogP contribution in [0.3, 0.4) is 0 Å². The van der Waals surface area contributed by atoms with Gasteiger partial charge >= 0.3 is 0 Å². The highest BCUT2D eigenvalue weighted by Gasteiger charge is 2.16. The first-order valence-corrected chi connectivity index (χ1v) is 8.99. The number of nitrogens with two attached hydrogens (primary N) is 1. The van der Waals surface area contributed by atoms with E-state index in [1.54, 1.807) is 18.2 Å². The maximum Gasteiger partial charge on any atom is 0.268 e. The van der Waals surface area contributed by atoms with Crippen molar-refractivity contribution in [3.8, 4) is 11.5 Å². The molecule has 0 aliphatic rings. The second-order valence-corrected chi connectivity index (χ2v) is 6.82. The molecule has 0 atom stereocenters. The van der Waals surface area contributed by atoms with Crippen LogP contribution in [0.25, 0.3) is 10.9 Å². The molecular formula is C19H19Cl2N3O2. The van der Waals surface area contributed by atoms with Gasteiger partial charge in [-0.1, -0.05) is 30.1 Å². The second-order valence-electron chi connectivity index (χ2n) is 6.00. The Bertz CT molecular complexity index is 959. The molecule has 2 aromatic carbocycles. The number of nitrogen functional groups attached to an aromatic ring is 1. The van der Waals surface area contributed by atoms with Crippen molar-refractivity contribution in [2.75, 3.05) is 12.3 Å². The molecule has 26 heavy (non-hydrogen) atoms. The molecule has 0 saturated carbocycles. The average molecular weight is 392 g/mol. The quantitative estimate of drug-likeness (QED) is 0.516. The number of anilines is 1. The highest BCUT2D eigenvalue weighted by Crippen LogP contribution is 2.39. The van der Waals surface area contributed by atoms with E-state index in [9.17, 15) is 4.79 Å². The lowest BCUT2D eigenvalue weighted by Crippen LogP contribution is -2.24. The topological polar surface area (TPSA) is 80.1 Å². The first kappa shape index (κ1) is 18.4. The first-order valence-electron chi connectivity index (χ1n) is 8.23. The Balaban J connectivity index is 1.95. The van der Waals surface area contributed by atoms with E-state index in [0.29, 0.717) is 39.5 Å². The highest BCUT2D eigenvalue weighted by atomic mass is 35.5. The molecule has 0 aliphatic carbocycles. The summed E-state index contributed by atoms with van der Waals surface area (Å²) in [7, 11) is 0. The number of aromatic amines is 1. The fourth-order valence-electron chi connectivity index (χ4n) is 2.72. The van der Waals surface area contributed by atoms with Crippen molar-refractivity contribution < 1.29 is 9.53 Å². The summed E-state index contributed by atoms with van der Waals surface area (Å²) in [6.07, 6.45) is 0.881. The molecule has 1 aromatic heterocycles. The number of hydrogen-bond donors (Lipinski definition) is 3. The minimum absolute atomic E-state index is 0.118. The first-order chi connectivity index (χ1) is 12.4. The molecule has 0 spiro atoms. The number of aryl methyl sites for hydroxylation is 1. The number of carbonyl (C=O) groups is 1. The zero-order valence-electron chi connectivity index (χ0n) is 14.5. The summed E-state index contributed by atoms with van der Waals surface area (Å²) in [5.41, 5.74) is 8.44. The van der Waals surface area contributed by atoms with Gasteiger partial charge < -0.3 is 20.8 Å². The number of rotatable bonds is 5. The molecule has 0 saturated heterocycles. The molecule has 0 bridgehead atoms. The average Bonchev–Trinajstić information content (AvgIpc) is 2.92. The Kier molecular flexibility index (Phi) is 5.30. The third-order valence-electron chi connectivity index (χ3n) is 4.03. The lowest BCUT2D eigenvalue weighted by Gasteiger charge is -2.10. The molecule has 7 heteroatoms. The molecule has 0 radical (unpaired) electrons. The van der Waals surface area contributed by atoms with Crippen molar-refractivity contribution in [2.24, 2.45) is 0 Å². The number of benzene rings is 2. The van der Waals surface area contributed by atoms with Crippen LogP contribution in [-0.2, 0) is 0 Å². The fourth-order valence-corrected chi connectivity index (χ4v) is 3.30. The largest absolute Gasteiger partial charge is 0.454 e. The number of H-pyrrole nitrogens is 1. The third kappa shape index (κ3) is 3.59. The predicted octanol–water partition coefficient (Wildman–Crippen LogP) is 5.30. The normalized spacial score (nSPS) is 10.9. The number of fused-ring (bicyclic) bond motifs is 1. The van der Waals surface area contributed by atoms with Gasteiger partial charge in [-0.15, -0.1) is 0 Å². The fraction of sp³-hybridized carbons (Fsp3) is 0.211. The Hall–Kier alpha value is -2.37. The van der Waals surface area contributed by atoms with E-state index in [2.05, 4.69) is 10.3 Å². The third-order valence-corrected chi connectivity index (χ3v) is 4.59. The molecule has 136 valence electrons. The van der Waals surface area contributed by atoms with Gasteiger partial charge in [-0.2, -0.15) is 0 Å². The molecule has 0 aliphatic heterocycles. The zero-order chi connectivity index (χ0) is 18.8. The van der Waals surface area contributed by atoms with Gasteiger partial charge in [0, 0.05) is 23.1 Å². The van der Waals surface area contributed by atoms with Crippen molar-refractivity contribution in [1.82, 2.24) is 10.3 Å². The van der Waals surface area contributed by atoms with Gasteiger partial charge in [0.25, 0.3) is 5.91 Å². The number of ether oxygens (including phenoxy) is 1. The zero-order valence-corrected chi connectivity index (χ0v) is 16.0. The molecule has 1 heterocycles. The number of aromatic nitrogens is 1. The van der Waals surface area contributed by atoms with Gasteiger partial charge in [0.15, 0.2) is 5.75 Å². The van der Waals surface area contributed by atoms with Crippen LogP contribution < -0.4 is 15.8 Å². The Morgan fingerprint density at radius 2 is 1.92 bits per heavy atom. The van der Waals surface area contributed by atoms with E-state index in [1.807, 2.05) is 26.0 Å². The summed E-state index contributed by atoms with van der Waals surface area (Å²) in [5, 5.41) is 4.44. The van der Waals surface area contributed by atoms with Crippen molar-refractivity contribution in [2.45, 2.75) is 20.3 Å². The molecule has 3 rings (SSSR count). The number of carbonyl (C=O) groups excluding carboxylic acids is 1. The smallest absolute Gasteiger partial charge is 0.268 e. The molecular weight excluding hydrogens is 373 g/mol. The maximum atomic E-state index is 12.3. The summed E-state index contributed by atoms with van der Waals surface area (Å²) in [6.45, 7) is 4.54. The minimum Gasteiger partial charge on any atom is -0.454 e. The van der Waals surface area contributed by atoms with Crippen molar-refractivity contribution in [3.05, 3.63) is 51.6 Å². The van der Waals surface area contributed by atoms with E-state index in [1.165, 1.54) is 0 Å². The van der Waals surface area contributed by atoms with Crippen LogP contribution in [0.4, 0.5) is 5.69 Å². The second kappa shape index (κ2) is 7.48. The molecule has 0 unspecified atom stereocenters. The van der Waals surface area contributed by atoms with Crippen LogP contribution in [0.5, 0.6) is 11.5 Å². The van der Waals surface area contributed by atoms with E-state index in [4.69, 9.17) is 33.7 Å². The van der Waals surface area contributed by atoms with Gasteiger partial charge in [-0.3, -0.25) is 4.79 Å². The molecule has 4 N–H and O–H groups in total. The van der Waals surface area contributed by atoms with Gasteiger partial charge in [0.05, 0.1) is 10.0 Å². The van der Waals surface area contributed by atoms with Crippen molar-refractivity contribution in [1.29, 1.82) is 0 Å². The number of nitrogens with one attached hydrogen (secondary N) is 2. The predicted molar refractivity (Wildman–Crippen MR) is 107 cm³/mol. The molecule has 3 aromatic rings. The maximum absolute atomic E-state index is 12.3. The SMILES string of the molecule is CCCNC(=O)c1[nH]c2ccc(Oc3c(Cl)cc(N)cc3Cl)cc2c1C. The van der Waals surface area contributed by atoms with Crippen molar-refractivity contribution >= 4 is 45.7 Å². The highest BCUT2D eigenvalue weighted by molar-refractivity contribution is 6.37. The molecule has 0 fully saturated rings. The number of hydrogen-bond acceptors (Lipinski definition) is 3. The Labute approximate surface area is 161 Å².